The summed E-state index contributed by atoms with van der Waals surface area (Å²) in [6.07, 6.45) is 6.66. The van der Waals surface area contributed by atoms with E-state index in [0.717, 1.165) is 24.8 Å². The number of fused-ring (bicyclic) bond motifs is 2. The molecule has 1 aromatic carbocycles. The molecular weight excluding hydrogens is 269 g/mol. The van der Waals surface area contributed by atoms with Crippen molar-refractivity contribution in [3.05, 3.63) is 48.0 Å². The van der Waals surface area contributed by atoms with Gasteiger partial charge in [0.2, 0.25) is 5.91 Å². The van der Waals surface area contributed by atoms with Crippen LogP contribution in [0, 0.1) is 11.7 Å². The summed E-state index contributed by atoms with van der Waals surface area (Å²) in [6, 6.07) is 6.93. The third-order valence-electron chi connectivity index (χ3n) is 4.57. The molecule has 1 aliphatic heterocycles. The van der Waals surface area contributed by atoms with Crippen molar-refractivity contribution in [2.45, 2.75) is 31.8 Å². The maximum Gasteiger partial charge on any atom is 0.226 e. The number of carbonyl (C=O) groups is 1. The molecule has 21 heavy (non-hydrogen) atoms. The van der Waals surface area contributed by atoms with E-state index in [1.807, 2.05) is 4.90 Å². The number of aromatic nitrogens is 2. The van der Waals surface area contributed by atoms with E-state index in [1.165, 1.54) is 10.7 Å². The van der Waals surface area contributed by atoms with Crippen LogP contribution in [0.1, 0.15) is 24.8 Å². The summed E-state index contributed by atoms with van der Waals surface area (Å²) >= 11 is 0. The highest BCUT2D eigenvalue weighted by atomic mass is 19.1. The highest BCUT2D eigenvalue weighted by Crippen LogP contribution is 2.39. The van der Waals surface area contributed by atoms with Gasteiger partial charge in [-0.25, -0.2) is 9.07 Å². The van der Waals surface area contributed by atoms with Gasteiger partial charge in [-0.05, 0) is 31.4 Å². The molecule has 1 amide bonds. The van der Waals surface area contributed by atoms with Gasteiger partial charge in [0, 0.05) is 30.3 Å². The fourth-order valence-electron chi connectivity index (χ4n) is 3.49. The number of hydrogen-bond donors (Lipinski definition) is 0. The predicted molar refractivity (Wildman–Crippen MR) is 75.2 cm³/mol. The second-order valence-electron chi connectivity index (χ2n) is 5.87. The van der Waals surface area contributed by atoms with Crippen LogP contribution in [-0.4, -0.2) is 26.6 Å². The van der Waals surface area contributed by atoms with E-state index in [2.05, 4.69) is 5.10 Å². The summed E-state index contributed by atoms with van der Waals surface area (Å²) in [5.74, 6) is 0.199. The summed E-state index contributed by atoms with van der Waals surface area (Å²) in [5.41, 5.74) is 1.37. The van der Waals surface area contributed by atoms with Crippen LogP contribution in [0.4, 0.5) is 4.39 Å². The molecule has 0 radical (unpaired) electrons. The summed E-state index contributed by atoms with van der Waals surface area (Å²) in [5, 5.41) is 4.22. The molecule has 0 unspecified atom stereocenters. The number of para-hydroxylation sites is 1. The zero-order valence-corrected chi connectivity index (χ0v) is 11.6. The topological polar surface area (TPSA) is 38.1 Å². The van der Waals surface area contributed by atoms with Crippen LogP contribution in [-0.2, 0) is 11.3 Å². The molecule has 1 aliphatic carbocycles. The van der Waals surface area contributed by atoms with Gasteiger partial charge in [-0.1, -0.05) is 12.1 Å². The Bertz CT molecular complexity index is 696. The molecule has 0 N–H and O–H groups in total. The smallest absolute Gasteiger partial charge is 0.226 e. The third kappa shape index (κ3) is 2.04. The van der Waals surface area contributed by atoms with Gasteiger partial charge in [0.25, 0.3) is 0 Å². The summed E-state index contributed by atoms with van der Waals surface area (Å²) < 4.78 is 15.3. The molecule has 2 atom stereocenters. The fourth-order valence-corrected chi connectivity index (χ4v) is 3.49. The summed E-state index contributed by atoms with van der Waals surface area (Å²) in [4.78, 5) is 14.1. The van der Waals surface area contributed by atoms with Crippen LogP contribution in [0.15, 0.2) is 36.7 Å². The van der Waals surface area contributed by atoms with Crippen molar-refractivity contribution in [1.82, 2.24) is 14.7 Å². The van der Waals surface area contributed by atoms with Crippen LogP contribution >= 0.6 is 0 Å². The standard InChI is InChI=1S/C16H16FN3O/c17-14-3-1-2-4-15(14)20-10-11(8-18-20)9-19-13-6-5-12(7-13)16(19)21/h1-4,8,10,12-13H,5-7,9H2/t12-,13+/m1/s1. The lowest BCUT2D eigenvalue weighted by Gasteiger charge is -2.26. The first-order chi connectivity index (χ1) is 10.2. The first-order valence-electron chi connectivity index (χ1n) is 7.31. The van der Waals surface area contributed by atoms with Crippen molar-refractivity contribution < 1.29 is 9.18 Å². The van der Waals surface area contributed by atoms with E-state index >= 15 is 0 Å². The van der Waals surface area contributed by atoms with Crippen LogP contribution in [0.2, 0.25) is 0 Å². The molecule has 4 rings (SSSR count). The number of carbonyl (C=O) groups excluding carboxylic acids is 1. The van der Waals surface area contributed by atoms with E-state index < -0.39 is 0 Å². The highest BCUT2D eigenvalue weighted by Gasteiger charge is 2.44. The first kappa shape index (κ1) is 12.6. The number of halogens is 1. The van der Waals surface area contributed by atoms with Crippen molar-refractivity contribution in [1.29, 1.82) is 0 Å². The average Bonchev–Trinajstić information content (AvgIpc) is 3.18. The van der Waals surface area contributed by atoms with Gasteiger partial charge in [-0.3, -0.25) is 4.79 Å². The maximum atomic E-state index is 13.7. The lowest BCUT2D eigenvalue weighted by molar-refractivity contribution is -0.134. The number of amides is 1. The highest BCUT2D eigenvalue weighted by molar-refractivity contribution is 5.82. The van der Waals surface area contributed by atoms with E-state index in [-0.39, 0.29) is 17.6 Å². The van der Waals surface area contributed by atoms with Gasteiger partial charge < -0.3 is 4.90 Å². The van der Waals surface area contributed by atoms with Crippen LogP contribution in [0.5, 0.6) is 0 Å². The van der Waals surface area contributed by atoms with Crippen molar-refractivity contribution >= 4 is 5.91 Å². The summed E-state index contributed by atoms with van der Waals surface area (Å²) in [6.45, 7) is 0.578. The molecule has 5 heteroatoms. The largest absolute Gasteiger partial charge is 0.335 e. The minimum absolute atomic E-state index is 0.233. The molecule has 4 nitrogen and oxygen atoms in total. The van der Waals surface area contributed by atoms with Crippen molar-refractivity contribution in [3.63, 3.8) is 0 Å². The molecular formula is C16H16FN3O. The van der Waals surface area contributed by atoms with Crippen LogP contribution in [0.25, 0.3) is 5.69 Å². The van der Waals surface area contributed by atoms with Gasteiger partial charge >= 0.3 is 0 Å². The lowest BCUT2D eigenvalue weighted by atomic mass is 10.1. The quantitative estimate of drug-likeness (QED) is 0.869. The minimum atomic E-state index is -0.302. The molecule has 2 bridgehead atoms. The number of likely N-dealkylation sites (tertiary alicyclic amines) is 1. The first-order valence-corrected chi connectivity index (χ1v) is 7.31. The SMILES string of the molecule is O=C1[C@@H]2CC[C@@H](C2)N1Cc1cnn(-c2ccccc2F)c1. The molecule has 0 spiro atoms. The zero-order chi connectivity index (χ0) is 14.4. The molecule has 1 aromatic heterocycles. The Kier molecular flexibility index (Phi) is 2.80. The Labute approximate surface area is 122 Å². The molecule has 2 aliphatic rings. The minimum Gasteiger partial charge on any atom is -0.335 e. The van der Waals surface area contributed by atoms with Gasteiger partial charge in [0.15, 0.2) is 0 Å². The van der Waals surface area contributed by atoms with E-state index in [0.29, 0.717) is 18.3 Å². The number of piperidine rings is 1. The van der Waals surface area contributed by atoms with Gasteiger partial charge in [-0.15, -0.1) is 0 Å². The fraction of sp³-hybridized carbons (Fsp3) is 0.375. The monoisotopic (exact) mass is 285 g/mol. The molecule has 108 valence electrons. The number of nitrogens with zero attached hydrogens (tertiary/aromatic N) is 3. The van der Waals surface area contributed by atoms with Crippen molar-refractivity contribution in [3.8, 4) is 5.69 Å². The molecule has 1 saturated heterocycles. The number of hydrogen-bond acceptors (Lipinski definition) is 2. The maximum absolute atomic E-state index is 13.7. The van der Waals surface area contributed by atoms with Crippen LogP contribution < -0.4 is 0 Å². The van der Waals surface area contributed by atoms with Crippen molar-refractivity contribution in [2.75, 3.05) is 0 Å². The Morgan fingerprint density at radius 2 is 2.14 bits per heavy atom. The number of rotatable bonds is 3. The van der Waals surface area contributed by atoms with E-state index in [1.54, 1.807) is 30.6 Å². The lowest BCUT2D eigenvalue weighted by Crippen LogP contribution is -2.36. The normalized spacial score (nSPS) is 24.0. The Balaban J connectivity index is 1.56. The van der Waals surface area contributed by atoms with Gasteiger partial charge in [0.1, 0.15) is 11.5 Å². The van der Waals surface area contributed by atoms with Gasteiger partial charge in [-0.2, -0.15) is 5.10 Å². The average molecular weight is 285 g/mol. The third-order valence-corrected chi connectivity index (χ3v) is 4.57. The molecule has 2 heterocycles. The van der Waals surface area contributed by atoms with Gasteiger partial charge in [0.05, 0.1) is 6.20 Å². The summed E-state index contributed by atoms with van der Waals surface area (Å²) in [7, 11) is 0. The predicted octanol–water partition coefficient (Wildman–Crippen LogP) is 2.52. The van der Waals surface area contributed by atoms with E-state index in [9.17, 15) is 9.18 Å². The number of benzene rings is 1. The van der Waals surface area contributed by atoms with Crippen molar-refractivity contribution in [2.24, 2.45) is 5.92 Å². The molecule has 2 fully saturated rings. The molecule has 1 saturated carbocycles. The second-order valence-corrected chi connectivity index (χ2v) is 5.87. The second kappa shape index (κ2) is 4.69. The Morgan fingerprint density at radius 3 is 2.90 bits per heavy atom. The zero-order valence-electron chi connectivity index (χ0n) is 11.6. The molecule has 2 aromatic rings. The Morgan fingerprint density at radius 1 is 1.29 bits per heavy atom. The van der Waals surface area contributed by atoms with Crippen LogP contribution in [0.3, 0.4) is 0 Å². The Hall–Kier alpha value is -2.17. The van der Waals surface area contributed by atoms with E-state index in [4.69, 9.17) is 0 Å².